The monoisotopic (exact) mass is 417 g/mol. The van der Waals surface area contributed by atoms with Crippen LogP contribution in [0.1, 0.15) is 16.7 Å². The topological polar surface area (TPSA) is 45.0 Å². The van der Waals surface area contributed by atoms with Crippen LogP contribution in [0.5, 0.6) is 0 Å². The van der Waals surface area contributed by atoms with Gasteiger partial charge in [0.05, 0.1) is 18.0 Å². The van der Waals surface area contributed by atoms with Gasteiger partial charge in [0.2, 0.25) is 5.91 Å². The predicted molar refractivity (Wildman–Crippen MR) is 120 cm³/mol. The Morgan fingerprint density at radius 3 is 2.27 bits per heavy atom. The highest BCUT2D eigenvalue weighted by Gasteiger charge is 2.38. The van der Waals surface area contributed by atoms with Crippen LogP contribution in [0.25, 0.3) is 0 Å². The predicted octanol–water partition coefficient (Wildman–Crippen LogP) is 4.90. The zero-order chi connectivity index (χ0) is 20.8. The second-order valence-electron chi connectivity index (χ2n) is 6.88. The summed E-state index contributed by atoms with van der Waals surface area (Å²) in [7, 11) is 0. The maximum absolute atomic E-state index is 13.2. The Bertz CT molecular complexity index is 1050. The molecule has 1 aliphatic heterocycles. The number of nitrogens with zero attached hydrogens (tertiary/aromatic N) is 3. The molecule has 4 rings (SSSR count). The van der Waals surface area contributed by atoms with Gasteiger partial charge in [0.15, 0.2) is 5.17 Å². The van der Waals surface area contributed by atoms with Crippen LogP contribution >= 0.6 is 11.8 Å². The summed E-state index contributed by atoms with van der Waals surface area (Å²) < 4.78 is 13.2. The Kier molecular flexibility index (Phi) is 6.35. The van der Waals surface area contributed by atoms with E-state index in [2.05, 4.69) is 10.2 Å². The molecule has 150 valence electrons. The fraction of sp³-hybridized carbons (Fsp3) is 0.125. The van der Waals surface area contributed by atoms with Crippen LogP contribution in [-0.2, 0) is 17.8 Å². The van der Waals surface area contributed by atoms with Crippen LogP contribution < -0.4 is 0 Å². The Morgan fingerprint density at radius 2 is 1.57 bits per heavy atom. The number of carbonyl (C=O) groups excluding carboxylic acids is 1. The van der Waals surface area contributed by atoms with Gasteiger partial charge in [0, 0.05) is 0 Å². The zero-order valence-corrected chi connectivity index (χ0v) is 17.0. The number of amidine groups is 1. The van der Waals surface area contributed by atoms with Crippen LogP contribution in [0.3, 0.4) is 0 Å². The van der Waals surface area contributed by atoms with Crippen LogP contribution in [0.15, 0.2) is 95.1 Å². The molecular formula is C24H20FN3OS. The number of amides is 1. The molecule has 4 nitrogen and oxygen atoms in total. The summed E-state index contributed by atoms with van der Waals surface area (Å²) in [5, 5.41) is 8.81. The van der Waals surface area contributed by atoms with Crippen LogP contribution in [0.2, 0.25) is 0 Å². The van der Waals surface area contributed by atoms with Gasteiger partial charge < -0.3 is 0 Å². The van der Waals surface area contributed by atoms with E-state index in [9.17, 15) is 9.18 Å². The lowest BCUT2D eigenvalue weighted by Crippen LogP contribution is -2.32. The molecule has 1 heterocycles. The van der Waals surface area contributed by atoms with Crippen molar-refractivity contribution in [3.63, 3.8) is 0 Å². The minimum absolute atomic E-state index is 0.0122. The average molecular weight is 418 g/mol. The minimum Gasteiger partial charge on any atom is -0.284 e. The molecule has 30 heavy (non-hydrogen) atoms. The Balaban J connectivity index is 1.56. The zero-order valence-electron chi connectivity index (χ0n) is 16.2. The molecule has 1 aliphatic rings. The lowest BCUT2D eigenvalue weighted by Gasteiger charge is -2.16. The minimum atomic E-state index is -0.315. The van der Waals surface area contributed by atoms with Crippen molar-refractivity contribution in [1.82, 2.24) is 4.90 Å². The standard InChI is InChI=1S/C24H20FN3OS/c25-21-13-11-18(12-14-21)15-22-23(29)28(17-20-9-5-2-6-10-20)24(30-22)27-26-16-19-7-3-1-4-8-19/h1-14,16,22H,15,17H2/b26-16-,27-24-/t22-/m1/s1. The van der Waals surface area contributed by atoms with Gasteiger partial charge >= 0.3 is 0 Å². The van der Waals surface area contributed by atoms with Gasteiger partial charge in [-0.25, -0.2) is 4.39 Å². The van der Waals surface area contributed by atoms with Crippen molar-refractivity contribution in [1.29, 1.82) is 0 Å². The van der Waals surface area contributed by atoms with Gasteiger partial charge in [-0.3, -0.25) is 9.69 Å². The van der Waals surface area contributed by atoms with Gasteiger partial charge in [-0.1, -0.05) is 84.6 Å². The number of rotatable bonds is 6. The third-order valence-electron chi connectivity index (χ3n) is 4.69. The Labute approximate surface area is 179 Å². The number of hydrogen-bond donors (Lipinski definition) is 0. The highest BCUT2D eigenvalue weighted by atomic mass is 32.2. The average Bonchev–Trinajstić information content (AvgIpc) is 3.06. The fourth-order valence-electron chi connectivity index (χ4n) is 3.15. The SMILES string of the molecule is O=C1[C@@H](Cc2ccc(F)cc2)S/C(=N\N=C/c2ccccc2)N1Cc1ccccc1. The number of halogens is 1. The first-order valence-electron chi connectivity index (χ1n) is 9.61. The molecule has 3 aromatic carbocycles. The fourth-order valence-corrected chi connectivity index (χ4v) is 4.28. The summed E-state index contributed by atoms with van der Waals surface area (Å²) in [6.07, 6.45) is 2.18. The van der Waals surface area contributed by atoms with E-state index >= 15 is 0 Å². The summed E-state index contributed by atoms with van der Waals surface area (Å²) >= 11 is 1.40. The van der Waals surface area contributed by atoms with E-state index in [1.54, 1.807) is 23.2 Å². The molecule has 1 amide bonds. The van der Waals surface area contributed by atoms with Crippen molar-refractivity contribution in [3.05, 3.63) is 107 Å². The number of benzene rings is 3. The van der Waals surface area contributed by atoms with Crippen LogP contribution in [0.4, 0.5) is 4.39 Å². The highest BCUT2D eigenvalue weighted by molar-refractivity contribution is 8.15. The molecule has 1 saturated heterocycles. The molecule has 1 fully saturated rings. The van der Waals surface area contributed by atoms with Crippen molar-refractivity contribution < 1.29 is 9.18 Å². The highest BCUT2D eigenvalue weighted by Crippen LogP contribution is 2.31. The van der Waals surface area contributed by atoms with E-state index in [-0.39, 0.29) is 17.0 Å². The molecule has 0 unspecified atom stereocenters. The molecular weight excluding hydrogens is 397 g/mol. The van der Waals surface area contributed by atoms with Gasteiger partial charge in [-0.15, -0.1) is 5.10 Å². The summed E-state index contributed by atoms with van der Waals surface area (Å²) in [5.41, 5.74) is 2.87. The van der Waals surface area contributed by atoms with Crippen molar-refractivity contribution in [2.75, 3.05) is 0 Å². The molecule has 0 saturated carbocycles. The van der Waals surface area contributed by atoms with E-state index < -0.39 is 0 Å². The van der Waals surface area contributed by atoms with Crippen molar-refractivity contribution in [2.45, 2.75) is 18.2 Å². The summed E-state index contributed by atoms with van der Waals surface area (Å²) in [5.74, 6) is -0.297. The van der Waals surface area contributed by atoms with Gasteiger partial charge in [-0.05, 0) is 35.2 Å². The van der Waals surface area contributed by atoms with Gasteiger partial charge in [0.1, 0.15) is 5.82 Å². The Morgan fingerprint density at radius 1 is 0.900 bits per heavy atom. The molecule has 0 bridgehead atoms. The second-order valence-corrected chi connectivity index (χ2v) is 8.05. The molecule has 0 aliphatic carbocycles. The van der Waals surface area contributed by atoms with E-state index in [4.69, 9.17) is 0 Å². The maximum atomic E-state index is 13.2. The second kappa shape index (κ2) is 9.50. The van der Waals surface area contributed by atoms with E-state index in [1.807, 2.05) is 60.7 Å². The third-order valence-corrected chi connectivity index (χ3v) is 5.85. The first-order chi connectivity index (χ1) is 14.7. The first kappa shape index (κ1) is 20.0. The summed E-state index contributed by atoms with van der Waals surface area (Å²) in [6, 6.07) is 25.8. The largest absolute Gasteiger partial charge is 0.284 e. The van der Waals surface area contributed by atoms with E-state index in [1.165, 1.54) is 23.9 Å². The van der Waals surface area contributed by atoms with Gasteiger partial charge in [-0.2, -0.15) is 5.10 Å². The van der Waals surface area contributed by atoms with Crippen molar-refractivity contribution in [2.24, 2.45) is 10.2 Å². The smallest absolute Gasteiger partial charge is 0.242 e. The summed E-state index contributed by atoms with van der Waals surface area (Å²) in [6.45, 7) is 0.437. The molecule has 6 heteroatoms. The summed E-state index contributed by atoms with van der Waals surface area (Å²) in [4.78, 5) is 14.8. The first-order valence-corrected chi connectivity index (χ1v) is 10.5. The van der Waals surface area contributed by atoms with E-state index in [0.717, 1.165) is 16.7 Å². The van der Waals surface area contributed by atoms with Gasteiger partial charge in [0.25, 0.3) is 0 Å². The van der Waals surface area contributed by atoms with Crippen LogP contribution in [0, 0.1) is 5.82 Å². The number of carbonyl (C=O) groups is 1. The Hall–Kier alpha value is -3.25. The third kappa shape index (κ3) is 5.02. The van der Waals surface area contributed by atoms with E-state index in [0.29, 0.717) is 18.1 Å². The maximum Gasteiger partial charge on any atom is 0.242 e. The molecule has 0 spiro atoms. The number of thioether (sulfide) groups is 1. The lowest BCUT2D eigenvalue weighted by atomic mass is 10.1. The van der Waals surface area contributed by atoms with Crippen molar-refractivity contribution in [3.8, 4) is 0 Å². The quantitative estimate of drug-likeness (QED) is 0.423. The lowest BCUT2D eigenvalue weighted by molar-refractivity contribution is -0.126. The number of hydrogen-bond acceptors (Lipinski definition) is 4. The molecule has 0 aromatic heterocycles. The molecule has 0 radical (unpaired) electrons. The molecule has 3 aromatic rings. The molecule has 0 N–H and O–H groups in total. The van der Waals surface area contributed by atoms with Crippen LogP contribution in [-0.4, -0.2) is 27.4 Å². The van der Waals surface area contributed by atoms with Crippen molar-refractivity contribution >= 4 is 29.1 Å². The molecule has 1 atom stereocenters. The normalized spacial score (nSPS) is 17.9.